The van der Waals surface area contributed by atoms with Gasteiger partial charge in [-0.05, 0) is 17.7 Å². The lowest BCUT2D eigenvalue weighted by Gasteiger charge is -2.26. The summed E-state index contributed by atoms with van der Waals surface area (Å²) in [4.78, 5) is 13.5. The molecule has 0 fully saturated rings. The summed E-state index contributed by atoms with van der Waals surface area (Å²) in [5, 5.41) is 11.3. The molecule has 0 saturated carbocycles. The normalized spacial score (nSPS) is 14.0. The van der Waals surface area contributed by atoms with Crippen molar-refractivity contribution in [2.75, 3.05) is 11.9 Å². The van der Waals surface area contributed by atoms with Crippen LogP contribution < -0.4 is 5.32 Å². The maximum absolute atomic E-state index is 13.4. The summed E-state index contributed by atoms with van der Waals surface area (Å²) in [7, 11) is 3.30. The molecule has 3 heterocycles. The molecular weight excluding hydrogens is 397 g/mol. The van der Waals surface area contributed by atoms with Crippen LogP contribution in [-0.4, -0.2) is 36.9 Å². The molecule has 0 atom stereocenters. The van der Waals surface area contributed by atoms with Crippen molar-refractivity contribution in [1.82, 2.24) is 24.5 Å². The fraction of sp³-hybridized carbons (Fsp3) is 0.350. The van der Waals surface area contributed by atoms with Crippen molar-refractivity contribution >= 4 is 17.4 Å². The van der Waals surface area contributed by atoms with E-state index in [0.29, 0.717) is 36.6 Å². The number of carbonyl (C=O) groups is 1. The maximum atomic E-state index is 13.4. The molecule has 0 saturated heterocycles. The van der Waals surface area contributed by atoms with Gasteiger partial charge < -0.3 is 10.2 Å². The lowest BCUT2D eigenvalue weighted by Crippen LogP contribution is -2.34. The van der Waals surface area contributed by atoms with E-state index in [1.807, 2.05) is 7.05 Å². The lowest BCUT2D eigenvalue weighted by atomic mass is 10.0. The summed E-state index contributed by atoms with van der Waals surface area (Å²) in [5.41, 5.74) is 2.05. The Morgan fingerprint density at radius 1 is 1.20 bits per heavy atom. The monoisotopic (exact) mass is 418 g/mol. The van der Waals surface area contributed by atoms with E-state index in [2.05, 4.69) is 15.5 Å². The fourth-order valence-corrected chi connectivity index (χ4v) is 3.77. The average Bonchev–Trinajstić information content (AvgIpc) is 3.22. The summed E-state index contributed by atoms with van der Waals surface area (Å²) in [6.07, 6.45) is -2.49. The molecule has 1 aliphatic rings. The second-order valence-electron chi connectivity index (χ2n) is 7.36. The molecule has 0 unspecified atom stereocenters. The smallest absolute Gasteiger partial charge is 0.338 e. The van der Waals surface area contributed by atoms with E-state index >= 15 is 0 Å². The van der Waals surface area contributed by atoms with Crippen molar-refractivity contribution < 1.29 is 18.0 Å². The number of carbonyl (C=O) groups excluding carboxylic acids is 1. The number of nitrogens with one attached hydrogen (secondary N) is 1. The van der Waals surface area contributed by atoms with Gasteiger partial charge >= 0.3 is 6.18 Å². The Morgan fingerprint density at radius 3 is 2.67 bits per heavy atom. The highest BCUT2D eigenvalue weighted by Crippen LogP contribution is 2.37. The van der Waals surface area contributed by atoms with Gasteiger partial charge in [-0.25, -0.2) is 0 Å². The summed E-state index contributed by atoms with van der Waals surface area (Å²) in [5.74, 6) is 0.589. The topological polar surface area (TPSA) is 68.0 Å². The standard InChI is InChI=1S/C20H21F3N6O/c1-12(30)29-8-7-17-16(11-29)19(26-28(17)3)24-14-6-4-5-13(9-14)15-10-27(2)25-18(15)20(21,22)23/h4-6,9-10H,7-8,11H2,1-3H3,(H,24,26). The molecule has 0 radical (unpaired) electrons. The van der Waals surface area contributed by atoms with Crippen molar-refractivity contribution in [2.45, 2.75) is 26.1 Å². The average molecular weight is 418 g/mol. The van der Waals surface area contributed by atoms with Gasteiger partial charge in [-0.1, -0.05) is 12.1 Å². The molecule has 2 aromatic heterocycles. The number of hydrogen-bond acceptors (Lipinski definition) is 4. The number of halogens is 3. The number of nitrogens with zero attached hydrogens (tertiary/aromatic N) is 5. The molecule has 1 amide bonds. The van der Waals surface area contributed by atoms with Crippen LogP contribution in [0.5, 0.6) is 0 Å². The first-order chi connectivity index (χ1) is 14.1. The zero-order chi connectivity index (χ0) is 21.6. The molecular formula is C20H21F3N6O. The van der Waals surface area contributed by atoms with Crippen LogP contribution >= 0.6 is 0 Å². The quantitative estimate of drug-likeness (QED) is 0.707. The van der Waals surface area contributed by atoms with Gasteiger partial charge in [0.15, 0.2) is 11.5 Å². The number of alkyl halides is 3. The highest BCUT2D eigenvalue weighted by Gasteiger charge is 2.37. The second-order valence-corrected chi connectivity index (χ2v) is 7.36. The van der Waals surface area contributed by atoms with Crippen LogP contribution in [0.15, 0.2) is 30.5 Å². The first kappa shape index (κ1) is 20.0. The number of hydrogen-bond donors (Lipinski definition) is 1. The minimum Gasteiger partial charge on any atom is -0.338 e. The van der Waals surface area contributed by atoms with Crippen molar-refractivity contribution in [1.29, 1.82) is 0 Å². The summed E-state index contributed by atoms with van der Waals surface area (Å²) >= 11 is 0. The Balaban J connectivity index is 1.67. The van der Waals surface area contributed by atoms with Gasteiger partial charge in [-0.3, -0.25) is 14.2 Å². The predicted molar refractivity (Wildman–Crippen MR) is 105 cm³/mol. The van der Waals surface area contributed by atoms with Crippen molar-refractivity contribution in [3.05, 3.63) is 47.4 Å². The summed E-state index contributed by atoms with van der Waals surface area (Å²) in [6, 6.07) is 6.70. The van der Waals surface area contributed by atoms with Gasteiger partial charge in [-0.2, -0.15) is 23.4 Å². The van der Waals surface area contributed by atoms with Crippen LogP contribution in [0.2, 0.25) is 0 Å². The maximum Gasteiger partial charge on any atom is 0.435 e. The first-order valence-corrected chi connectivity index (χ1v) is 9.42. The van der Waals surface area contributed by atoms with Gasteiger partial charge in [0.05, 0.1) is 6.54 Å². The Bertz CT molecular complexity index is 1110. The summed E-state index contributed by atoms with van der Waals surface area (Å²) in [6.45, 7) is 2.61. The number of aromatic nitrogens is 4. The highest BCUT2D eigenvalue weighted by atomic mass is 19.4. The predicted octanol–water partition coefficient (Wildman–Crippen LogP) is 3.49. The zero-order valence-electron chi connectivity index (χ0n) is 16.8. The number of amides is 1. The molecule has 30 heavy (non-hydrogen) atoms. The van der Waals surface area contributed by atoms with Crippen molar-refractivity contribution in [3.8, 4) is 11.1 Å². The van der Waals surface area contributed by atoms with E-state index < -0.39 is 11.9 Å². The molecule has 7 nitrogen and oxygen atoms in total. The van der Waals surface area contributed by atoms with Crippen LogP contribution in [0.4, 0.5) is 24.7 Å². The Hall–Kier alpha value is -3.30. The molecule has 0 spiro atoms. The molecule has 0 bridgehead atoms. The first-order valence-electron chi connectivity index (χ1n) is 9.42. The van der Waals surface area contributed by atoms with E-state index in [1.165, 1.54) is 20.2 Å². The van der Waals surface area contributed by atoms with Gasteiger partial charge in [0, 0.05) is 62.7 Å². The lowest BCUT2D eigenvalue weighted by molar-refractivity contribution is -0.141. The van der Waals surface area contributed by atoms with E-state index in [9.17, 15) is 18.0 Å². The Morgan fingerprint density at radius 2 is 1.97 bits per heavy atom. The fourth-order valence-electron chi connectivity index (χ4n) is 3.77. The van der Waals surface area contributed by atoms with Crippen LogP contribution in [0.1, 0.15) is 23.9 Å². The van der Waals surface area contributed by atoms with Gasteiger partial charge in [-0.15, -0.1) is 0 Å². The molecule has 10 heteroatoms. The molecule has 3 aromatic rings. The van der Waals surface area contributed by atoms with Crippen LogP contribution in [0.3, 0.4) is 0 Å². The van der Waals surface area contributed by atoms with Gasteiger partial charge in [0.2, 0.25) is 5.91 Å². The SMILES string of the molecule is CC(=O)N1CCc2c(c(Nc3cccc(-c4cn(C)nc4C(F)(F)F)c3)nn2C)C1. The van der Waals surface area contributed by atoms with Gasteiger partial charge in [0.1, 0.15) is 0 Å². The third kappa shape index (κ3) is 3.64. The van der Waals surface area contributed by atoms with Crippen LogP contribution in [-0.2, 0) is 38.0 Å². The third-order valence-corrected chi connectivity index (χ3v) is 5.22. The molecule has 1 N–H and O–H groups in total. The number of fused-ring (bicyclic) bond motifs is 1. The number of aryl methyl sites for hydroxylation is 2. The Kier molecular flexibility index (Phi) is 4.79. The zero-order valence-corrected chi connectivity index (χ0v) is 16.8. The van der Waals surface area contributed by atoms with E-state index in [0.717, 1.165) is 15.9 Å². The Labute approximate surface area is 171 Å². The van der Waals surface area contributed by atoms with E-state index in [4.69, 9.17) is 0 Å². The molecule has 4 rings (SSSR count). The largest absolute Gasteiger partial charge is 0.435 e. The van der Waals surface area contributed by atoms with Crippen LogP contribution in [0, 0.1) is 0 Å². The summed E-state index contributed by atoms with van der Waals surface area (Å²) < 4.78 is 43.0. The van der Waals surface area contributed by atoms with Crippen molar-refractivity contribution in [2.24, 2.45) is 14.1 Å². The number of benzene rings is 1. The third-order valence-electron chi connectivity index (χ3n) is 5.22. The minimum atomic E-state index is -4.55. The molecule has 0 aliphatic carbocycles. The van der Waals surface area contributed by atoms with E-state index in [1.54, 1.807) is 33.8 Å². The number of rotatable bonds is 3. The highest BCUT2D eigenvalue weighted by molar-refractivity contribution is 5.75. The molecule has 1 aliphatic heterocycles. The van der Waals surface area contributed by atoms with E-state index in [-0.39, 0.29) is 11.5 Å². The molecule has 158 valence electrons. The minimum absolute atomic E-state index is 0.00583. The van der Waals surface area contributed by atoms with Gasteiger partial charge in [0.25, 0.3) is 0 Å². The molecule has 1 aromatic carbocycles. The van der Waals surface area contributed by atoms with Crippen molar-refractivity contribution in [3.63, 3.8) is 0 Å². The second kappa shape index (κ2) is 7.19. The van der Waals surface area contributed by atoms with Crippen LogP contribution in [0.25, 0.3) is 11.1 Å². The number of anilines is 2.